The number of nitrogens with one attached hydrogen (secondary N) is 1. The Hall–Kier alpha value is -4.50. The Labute approximate surface area is 203 Å². The maximum absolute atomic E-state index is 13.3. The van der Waals surface area contributed by atoms with E-state index in [0.717, 1.165) is 5.57 Å². The van der Waals surface area contributed by atoms with Crippen molar-refractivity contribution in [1.29, 1.82) is 0 Å². The fourth-order valence-corrected chi connectivity index (χ4v) is 5.88. The van der Waals surface area contributed by atoms with E-state index in [2.05, 4.69) is 5.43 Å². The first-order valence-electron chi connectivity index (χ1n) is 11.2. The third-order valence-electron chi connectivity index (χ3n) is 7.19. The molecule has 5 aromatic rings. The highest BCUT2D eigenvalue weighted by Crippen LogP contribution is 2.56. The van der Waals surface area contributed by atoms with Crippen LogP contribution in [0.15, 0.2) is 27.3 Å². The highest BCUT2D eigenvalue weighted by atomic mass is 16.5. The van der Waals surface area contributed by atoms with Gasteiger partial charge in [0.1, 0.15) is 11.5 Å². The van der Waals surface area contributed by atoms with Gasteiger partial charge in [0.2, 0.25) is 0 Å². The fraction of sp³-hybridized carbons (Fsp3) is 0.185. The van der Waals surface area contributed by atoms with Gasteiger partial charge in [-0.3, -0.25) is 15.4 Å². The highest BCUT2D eigenvalue weighted by molar-refractivity contribution is 6.39. The molecule has 182 valence electrons. The van der Waals surface area contributed by atoms with Gasteiger partial charge < -0.3 is 29.8 Å². The minimum absolute atomic E-state index is 0.0575. The van der Waals surface area contributed by atoms with E-state index in [0.29, 0.717) is 49.9 Å². The molecule has 0 saturated carbocycles. The molecule has 6 rings (SSSR count). The average molecular weight is 486 g/mol. The number of rotatable bonds is 4. The van der Waals surface area contributed by atoms with Crippen LogP contribution >= 0.6 is 0 Å². The number of hydrogen-bond acceptors (Lipinski definition) is 9. The molecular formula is C27H22N2O7. The molecule has 0 aromatic heterocycles. The summed E-state index contributed by atoms with van der Waals surface area (Å²) in [5, 5.41) is 25.7. The normalized spacial score (nSPS) is 13.1. The van der Waals surface area contributed by atoms with E-state index in [1.54, 1.807) is 0 Å². The van der Waals surface area contributed by atoms with Crippen molar-refractivity contribution in [3.05, 3.63) is 49.3 Å². The second-order valence-corrected chi connectivity index (χ2v) is 8.96. The monoisotopic (exact) mass is 486 g/mol. The highest BCUT2D eigenvalue weighted by Gasteiger charge is 2.32. The summed E-state index contributed by atoms with van der Waals surface area (Å²) in [5.41, 5.74) is 3.93. The molecule has 0 spiro atoms. The Morgan fingerprint density at radius 2 is 1.33 bits per heavy atom. The Balaban J connectivity index is 2.20. The lowest BCUT2D eigenvalue weighted by Gasteiger charge is -2.23. The molecule has 0 heterocycles. The Morgan fingerprint density at radius 1 is 0.778 bits per heavy atom. The van der Waals surface area contributed by atoms with Crippen molar-refractivity contribution in [2.45, 2.75) is 13.3 Å². The summed E-state index contributed by atoms with van der Waals surface area (Å²) < 4.78 is 16.9. The first-order valence-corrected chi connectivity index (χ1v) is 11.2. The molecule has 1 aliphatic rings. The number of ether oxygens (including phenoxy) is 3. The molecule has 9 heteroatoms. The van der Waals surface area contributed by atoms with Crippen molar-refractivity contribution in [1.82, 2.24) is 0 Å². The van der Waals surface area contributed by atoms with Crippen LogP contribution in [-0.2, 0) is 6.42 Å². The van der Waals surface area contributed by atoms with E-state index >= 15 is 0 Å². The summed E-state index contributed by atoms with van der Waals surface area (Å²) in [6, 6.07) is 2.58. The number of hydrogen-bond donors (Lipinski definition) is 4. The van der Waals surface area contributed by atoms with Crippen molar-refractivity contribution in [2.24, 2.45) is 5.84 Å². The summed E-state index contributed by atoms with van der Waals surface area (Å²) in [6.07, 6.45) is 2.24. The molecule has 0 fully saturated rings. The molecule has 9 nitrogen and oxygen atoms in total. The molecule has 0 aliphatic heterocycles. The van der Waals surface area contributed by atoms with Gasteiger partial charge >= 0.3 is 0 Å². The van der Waals surface area contributed by atoms with Crippen LogP contribution in [0.25, 0.3) is 49.2 Å². The van der Waals surface area contributed by atoms with Crippen molar-refractivity contribution in [2.75, 3.05) is 26.8 Å². The lowest BCUT2D eigenvalue weighted by molar-refractivity contribution is 0.376. The standard InChI is InChI=1S/C27H22N2O7/c1-9-5-10-16-17-11(6-9)27(36-4)26(33)19-13(31)8-15(35-3)21(23(17)19)20-14(34-2)7-12(30)18(22(16)20)25(32)24(10)29-28/h6-8,29,32-33H,5,28H2,1-4H3. The first kappa shape index (κ1) is 22.0. The molecular weight excluding hydrogens is 464 g/mol. The van der Waals surface area contributed by atoms with Crippen LogP contribution < -0.4 is 36.3 Å². The zero-order chi connectivity index (χ0) is 25.6. The van der Waals surface area contributed by atoms with Gasteiger partial charge in [-0.2, -0.15) is 0 Å². The number of aromatic hydroxyl groups is 2. The van der Waals surface area contributed by atoms with Crippen LogP contribution in [0.2, 0.25) is 0 Å². The van der Waals surface area contributed by atoms with Gasteiger partial charge in [0.05, 0.1) is 37.8 Å². The van der Waals surface area contributed by atoms with Gasteiger partial charge in [0, 0.05) is 44.6 Å². The van der Waals surface area contributed by atoms with Gasteiger partial charge in [-0.05, 0) is 24.3 Å². The van der Waals surface area contributed by atoms with Crippen molar-refractivity contribution in [3.8, 4) is 28.7 Å². The van der Waals surface area contributed by atoms with Gasteiger partial charge in [0.25, 0.3) is 0 Å². The molecule has 0 unspecified atom stereocenters. The number of benzene rings is 5. The topological polar surface area (TPSA) is 140 Å². The second-order valence-electron chi connectivity index (χ2n) is 8.96. The fourth-order valence-electron chi connectivity index (χ4n) is 5.88. The Bertz CT molecular complexity index is 1930. The summed E-state index contributed by atoms with van der Waals surface area (Å²) in [4.78, 5) is 26.7. The zero-order valence-corrected chi connectivity index (χ0v) is 20.0. The molecule has 0 radical (unpaired) electrons. The van der Waals surface area contributed by atoms with E-state index in [-0.39, 0.29) is 45.2 Å². The maximum Gasteiger partial charge on any atom is 0.194 e. The Morgan fingerprint density at radius 3 is 1.86 bits per heavy atom. The Kier molecular flexibility index (Phi) is 4.43. The third kappa shape index (κ3) is 2.42. The van der Waals surface area contributed by atoms with Gasteiger partial charge in [0.15, 0.2) is 28.1 Å². The number of nitrogens with two attached hydrogens (primary N) is 1. The van der Waals surface area contributed by atoms with E-state index in [4.69, 9.17) is 20.1 Å². The van der Waals surface area contributed by atoms with Crippen molar-refractivity contribution in [3.63, 3.8) is 0 Å². The van der Waals surface area contributed by atoms with Crippen LogP contribution in [0, 0.1) is 0 Å². The lowest BCUT2D eigenvalue weighted by Crippen LogP contribution is -2.13. The molecule has 0 saturated heterocycles. The van der Waals surface area contributed by atoms with Gasteiger partial charge in [-0.25, -0.2) is 0 Å². The number of fused-ring (bicyclic) bond motifs is 1. The number of methoxy groups -OCH3 is 3. The third-order valence-corrected chi connectivity index (χ3v) is 7.19. The number of nitrogen functional groups attached to an aromatic ring is 1. The minimum Gasteiger partial charge on any atom is -0.505 e. The molecule has 36 heavy (non-hydrogen) atoms. The number of phenolic OH excluding ortho intramolecular Hbond substituents is 2. The lowest BCUT2D eigenvalue weighted by atomic mass is 9.83. The summed E-state index contributed by atoms with van der Waals surface area (Å²) >= 11 is 0. The summed E-state index contributed by atoms with van der Waals surface area (Å²) in [6.45, 7) is 1.90. The zero-order valence-electron chi connectivity index (χ0n) is 20.0. The van der Waals surface area contributed by atoms with Crippen LogP contribution in [0.1, 0.15) is 18.1 Å². The number of allylic oxidation sites excluding steroid dienone is 1. The molecule has 5 N–H and O–H groups in total. The molecule has 0 bridgehead atoms. The smallest absolute Gasteiger partial charge is 0.194 e. The largest absolute Gasteiger partial charge is 0.505 e. The predicted molar refractivity (Wildman–Crippen MR) is 140 cm³/mol. The molecule has 5 aromatic carbocycles. The second kappa shape index (κ2) is 7.25. The van der Waals surface area contributed by atoms with Crippen LogP contribution in [-0.4, -0.2) is 31.5 Å². The van der Waals surface area contributed by atoms with Crippen LogP contribution in [0.3, 0.4) is 0 Å². The number of anilines is 1. The van der Waals surface area contributed by atoms with Crippen LogP contribution in [0.5, 0.6) is 28.7 Å². The maximum atomic E-state index is 13.3. The van der Waals surface area contributed by atoms with Crippen LogP contribution in [0.4, 0.5) is 5.69 Å². The first-order chi connectivity index (χ1) is 17.3. The van der Waals surface area contributed by atoms with Crippen molar-refractivity contribution < 1.29 is 24.4 Å². The van der Waals surface area contributed by atoms with E-state index in [9.17, 15) is 19.8 Å². The van der Waals surface area contributed by atoms with E-state index < -0.39 is 10.9 Å². The quantitative estimate of drug-likeness (QED) is 0.0986. The summed E-state index contributed by atoms with van der Waals surface area (Å²) in [5.74, 6) is 5.93. The van der Waals surface area contributed by atoms with Gasteiger partial charge in [-0.1, -0.05) is 11.6 Å². The molecule has 0 atom stereocenters. The van der Waals surface area contributed by atoms with Crippen molar-refractivity contribution >= 4 is 54.9 Å². The van der Waals surface area contributed by atoms with Gasteiger partial charge in [-0.15, -0.1) is 0 Å². The molecule has 1 aliphatic carbocycles. The molecule has 0 amide bonds. The van der Waals surface area contributed by atoms with E-state index in [1.807, 2.05) is 13.0 Å². The predicted octanol–water partition coefficient (Wildman–Crippen LogP) is 3.58. The minimum atomic E-state index is -0.456. The number of phenols is 2. The summed E-state index contributed by atoms with van der Waals surface area (Å²) in [7, 11) is 4.30. The average Bonchev–Trinajstić information content (AvgIpc) is 3.00. The SMILES string of the molecule is COc1c(O)c2c(=O)cc(OC)c3c4c(OC)cc(=O)c5c(O)c(NN)c6c(c(c1C=C(C)C6)c23)c54. The van der Waals surface area contributed by atoms with E-state index in [1.165, 1.54) is 33.5 Å². The number of hydrazine groups is 1.